The van der Waals surface area contributed by atoms with Crippen molar-refractivity contribution in [2.45, 2.75) is 18.2 Å². The Kier molecular flexibility index (Phi) is 5.03. The van der Waals surface area contributed by atoms with Gasteiger partial charge in [0.15, 0.2) is 0 Å². The zero-order valence-corrected chi connectivity index (χ0v) is 16.3. The molecule has 1 aliphatic heterocycles. The number of nitrogens with one attached hydrogen (secondary N) is 2. The van der Waals surface area contributed by atoms with Gasteiger partial charge in [-0.1, -0.05) is 6.92 Å². The number of sulfonamides is 1. The molecule has 2 N–H and O–H groups in total. The summed E-state index contributed by atoms with van der Waals surface area (Å²) in [6, 6.07) is 6.90. The van der Waals surface area contributed by atoms with Crippen molar-refractivity contribution in [3.63, 3.8) is 0 Å². The average molecular weight is 403 g/mol. The van der Waals surface area contributed by atoms with Gasteiger partial charge in [-0.3, -0.25) is 0 Å². The van der Waals surface area contributed by atoms with Crippen LogP contribution in [0, 0.1) is 17.7 Å². The number of piperidine rings is 1. The molecule has 1 saturated heterocycles. The van der Waals surface area contributed by atoms with Crippen LogP contribution in [-0.4, -0.2) is 47.3 Å². The molecule has 3 heterocycles. The summed E-state index contributed by atoms with van der Waals surface area (Å²) >= 11 is 0. The van der Waals surface area contributed by atoms with Crippen molar-refractivity contribution in [1.82, 2.24) is 19.3 Å². The molecular formula is C19H22FN5O2S. The van der Waals surface area contributed by atoms with E-state index >= 15 is 0 Å². The normalized spacial score (nSPS) is 21.1. The van der Waals surface area contributed by atoms with Gasteiger partial charge < -0.3 is 10.3 Å². The minimum atomic E-state index is -3.64. The molecular weight excluding hydrogens is 381 g/mol. The highest BCUT2D eigenvalue weighted by Crippen LogP contribution is 2.28. The number of aromatic nitrogens is 3. The lowest BCUT2D eigenvalue weighted by molar-refractivity contribution is 0.207. The molecule has 4 rings (SSSR count). The molecule has 0 saturated carbocycles. The molecule has 28 heavy (non-hydrogen) atoms. The number of rotatable bonds is 5. The van der Waals surface area contributed by atoms with Crippen LogP contribution in [0.15, 0.2) is 47.8 Å². The second-order valence-electron chi connectivity index (χ2n) is 7.19. The topological polar surface area (TPSA) is 91.0 Å². The quantitative estimate of drug-likeness (QED) is 0.684. The largest absolute Gasteiger partial charge is 0.369 e. The molecule has 9 heteroatoms. The number of nitrogens with zero attached hydrogens (tertiary/aromatic N) is 3. The maximum absolute atomic E-state index is 13.2. The molecule has 0 amide bonds. The third-order valence-electron chi connectivity index (χ3n) is 5.41. The van der Waals surface area contributed by atoms with E-state index in [-0.39, 0.29) is 10.8 Å². The first-order chi connectivity index (χ1) is 13.4. The lowest BCUT2D eigenvalue weighted by Gasteiger charge is -2.36. The van der Waals surface area contributed by atoms with Gasteiger partial charge in [0.1, 0.15) is 23.6 Å². The van der Waals surface area contributed by atoms with Gasteiger partial charge in [0.2, 0.25) is 10.0 Å². The fourth-order valence-electron chi connectivity index (χ4n) is 3.60. The lowest BCUT2D eigenvalue weighted by atomic mass is 9.88. The van der Waals surface area contributed by atoms with Crippen LogP contribution >= 0.6 is 0 Å². The predicted octanol–water partition coefficient (Wildman–Crippen LogP) is 2.86. The van der Waals surface area contributed by atoms with Crippen LogP contribution in [0.1, 0.15) is 13.3 Å². The Morgan fingerprint density at radius 1 is 1.25 bits per heavy atom. The number of anilines is 1. The fraction of sp³-hybridized carbons (Fsp3) is 0.368. The molecule has 2 atom stereocenters. The standard InChI is InChI=1S/C19H22FN5O2S/c1-13-7-9-25(28(26,27)16-4-2-15(20)3-5-16)11-14(13)10-22-19-17-6-8-21-18(17)23-12-24-19/h2-6,8,12-14H,7,9-11H2,1H3,(H2,21,22,23,24). The first-order valence-electron chi connectivity index (χ1n) is 9.23. The van der Waals surface area contributed by atoms with Crippen LogP contribution in [0.3, 0.4) is 0 Å². The van der Waals surface area contributed by atoms with Crippen molar-refractivity contribution in [3.8, 4) is 0 Å². The molecule has 2 unspecified atom stereocenters. The zero-order valence-electron chi connectivity index (χ0n) is 15.5. The summed E-state index contributed by atoms with van der Waals surface area (Å²) in [5, 5.41) is 4.26. The van der Waals surface area contributed by atoms with Gasteiger partial charge in [-0.2, -0.15) is 4.31 Å². The van der Waals surface area contributed by atoms with Gasteiger partial charge in [0.05, 0.1) is 10.3 Å². The van der Waals surface area contributed by atoms with E-state index in [4.69, 9.17) is 0 Å². The number of halogens is 1. The second kappa shape index (κ2) is 7.48. The van der Waals surface area contributed by atoms with Gasteiger partial charge in [-0.25, -0.2) is 22.8 Å². The molecule has 2 aromatic heterocycles. The van der Waals surface area contributed by atoms with Crippen LogP contribution < -0.4 is 5.32 Å². The Labute approximate surface area is 163 Å². The van der Waals surface area contributed by atoms with Crippen molar-refractivity contribution in [1.29, 1.82) is 0 Å². The van der Waals surface area contributed by atoms with Gasteiger partial charge in [-0.15, -0.1) is 0 Å². The highest BCUT2D eigenvalue weighted by atomic mass is 32.2. The maximum atomic E-state index is 13.2. The van der Waals surface area contributed by atoms with E-state index in [1.807, 2.05) is 12.3 Å². The number of hydrogen-bond acceptors (Lipinski definition) is 5. The van der Waals surface area contributed by atoms with E-state index < -0.39 is 15.8 Å². The first-order valence-corrected chi connectivity index (χ1v) is 10.7. The summed E-state index contributed by atoms with van der Waals surface area (Å²) in [4.78, 5) is 11.7. The summed E-state index contributed by atoms with van der Waals surface area (Å²) in [5.74, 6) is 0.787. The third-order valence-corrected chi connectivity index (χ3v) is 7.29. The maximum Gasteiger partial charge on any atom is 0.243 e. The summed E-state index contributed by atoms with van der Waals surface area (Å²) < 4.78 is 40.5. The Bertz CT molecular complexity index is 1070. The van der Waals surface area contributed by atoms with Crippen molar-refractivity contribution < 1.29 is 12.8 Å². The molecule has 0 spiro atoms. The minimum Gasteiger partial charge on any atom is -0.369 e. The van der Waals surface area contributed by atoms with Crippen LogP contribution in [0.5, 0.6) is 0 Å². The number of fused-ring (bicyclic) bond motifs is 1. The van der Waals surface area contributed by atoms with Crippen molar-refractivity contribution in [2.24, 2.45) is 11.8 Å². The minimum absolute atomic E-state index is 0.125. The van der Waals surface area contributed by atoms with E-state index in [1.54, 1.807) is 0 Å². The van der Waals surface area contributed by atoms with Crippen LogP contribution in [0.25, 0.3) is 11.0 Å². The smallest absolute Gasteiger partial charge is 0.243 e. The van der Waals surface area contributed by atoms with Crippen LogP contribution in [-0.2, 0) is 10.0 Å². The molecule has 148 valence electrons. The summed E-state index contributed by atoms with van der Waals surface area (Å²) in [6.45, 7) is 3.62. The molecule has 1 aliphatic rings. The SMILES string of the molecule is CC1CCN(S(=O)(=O)c2ccc(F)cc2)CC1CNc1ncnc2[nH]ccc12. The van der Waals surface area contributed by atoms with E-state index in [0.717, 1.165) is 23.3 Å². The molecule has 1 fully saturated rings. The Balaban J connectivity index is 1.49. The fourth-order valence-corrected chi connectivity index (χ4v) is 5.11. The van der Waals surface area contributed by atoms with Crippen molar-refractivity contribution in [2.75, 3.05) is 25.0 Å². The van der Waals surface area contributed by atoms with Gasteiger partial charge in [-0.05, 0) is 48.6 Å². The van der Waals surface area contributed by atoms with Gasteiger partial charge in [0, 0.05) is 25.8 Å². The van der Waals surface area contributed by atoms with Gasteiger partial charge in [0.25, 0.3) is 0 Å². The Morgan fingerprint density at radius 2 is 2.04 bits per heavy atom. The number of H-pyrrole nitrogens is 1. The Morgan fingerprint density at radius 3 is 2.82 bits per heavy atom. The van der Waals surface area contributed by atoms with E-state index in [9.17, 15) is 12.8 Å². The molecule has 0 radical (unpaired) electrons. The molecule has 1 aromatic carbocycles. The van der Waals surface area contributed by atoms with Crippen LogP contribution in [0.2, 0.25) is 0 Å². The molecule has 3 aromatic rings. The second-order valence-corrected chi connectivity index (χ2v) is 9.12. The highest BCUT2D eigenvalue weighted by Gasteiger charge is 2.33. The summed E-state index contributed by atoms with van der Waals surface area (Å²) in [6.07, 6.45) is 4.08. The zero-order chi connectivity index (χ0) is 19.7. The van der Waals surface area contributed by atoms with Crippen molar-refractivity contribution in [3.05, 3.63) is 48.7 Å². The van der Waals surface area contributed by atoms with E-state index in [0.29, 0.717) is 25.6 Å². The van der Waals surface area contributed by atoms with Gasteiger partial charge >= 0.3 is 0 Å². The molecule has 7 nitrogen and oxygen atoms in total. The predicted molar refractivity (Wildman–Crippen MR) is 105 cm³/mol. The molecule has 0 aliphatic carbocycles. The number of aromatic amines is 1. The number of benzene rings is 1. The average Bonchev–Trinajstić information content (AvgIpc) is 3.17. The summed E-state index contributed by atoms with van der Waals surface area (Å²) in [7, 11) is -3.64. The number of hydrogen-bond donors (Lipinski definition) is 2. The summed E-state index contributed by atoms with van der Waals surface area (Å²) in [5.41, 5.74) is 0.759. The lowest BCUT2D eigenvalue weighted by Crippen LogP contribution is -2.45. The molecule has 0 bridgehead atoms. The van der Waals surface area contributed by atoms with E-state index in [1.165, 1.54) is 34.9 Å². The monoisotopic (exact) mass is 403 g/mol. The van der Waals surface area contributed by atoms with Crippen LogP contribution in [0.4, 0.5) is 10.2 Å². The Hall–Kier alpha value is -2.52. The first kappa shape index (κ1) is 18.8. The van der Waals surface area contributed by atoms with Crippen molar-refractivity contribution >= 4 is 26.9 Å². The van der Waals surface area contributed by atoms with E-state index in [2.05, 4.69) is 27.2 Å². The highest BCUT2D eigenvalue weighted by molar-refractivity contribution is 7.89. The third kappa shape index (κ3) is 3.59.